The molecule has 1 aliphatic rings. The van der Waals surface area contributed by atoms with Crippen molar-refractivity contribution in [2.24, 2.45) is 0 Å². The number of hydrogen-bond acceptors (Lipinski definition) is 3. The second kappa shape index (κ2) is 5.13. The van der Waals surface area contributed by atoms with Crippen LogP contribution in [0.5, 0.6) is 0 Å². The molecule has 0 aliphatic carbocycles. The van der Waals surface area contributed by atoms with Crippen LogP contribution >= 0.6 is 0 Å². The highest BCUT2D eigenvalue weighted by atomic mass is 19.1. The van der Waals surface area contributed by atoms with Gasteiger partial charge in [-0.2, -0.15) is 0 Å². The number of pyridine rings is 1. The summed E-state index contributed by atoms with van der Waals surface area (Å²) in [7, 11) is 0. The highest BCUT2D eigenvalue weighted by Crippen LogP contribution is 2.25. The molecule has 1 aromatic carbocycles. The van der Waals surface area contributed by atoms with Crippen molar-refractivity contribution in [3.05, 3.63) is 36.3 Å². The number of halogens is 1. The van der Waals surface area contributed by atoms with Gasteiger partial charge in [-0.3, -0.25) is 0 Å². The van der Waals surface area contributed by atoms with E-state index in [2.05, 4.69) is 21.7 Å². The Bertz CT molecular complexity index is 577. The molecule has 1 aliphatic heterocycles. The standard InChI is InChI=1S/C15H18FN3/c1-2-18-7-9-19(10-8-18)15-14-11-13(16)4-3-12(14)5-6-17-15/h3-6,11H,2,7-10H2,1H3. The Hall–Kier alpha value is -1.68. The molecule has 1 aromatic heterocycles. The van der Waals surface area contributed by atoms with Gasteiger partial charge in [0.15, 0.2) is 0 Å². The largest absolute Gasteiger partial charge is 0.354 e. The maximum absolute atomic E-state index is 13.4. The van der Waals surface area contributed by atoms with Gasteiger partial charge in [-0.1, -0.05) is 13.0 Å². The van der Waals surface area contributed by atoms with Crippen LogP contribution in [0.3, 0.4) is 0 Å². The first kappa shape index (κ1) is 12.4. The minimum absolute atomic E-state index is 0.200. The van der Waals surface area contributed by atoms with E-state index >= 15 is 0 Å². The normalized spacial score (nSPS) is 17.1. The van der Waals surface area contributed by atoms with Gasteiger partial charge in [0.2, 0.25) is 0 Å². The van der Waals surface area contributed by atoms with E-state index in [4.69, 9.17) is 0 Å². The number of nitrogens with zero attached hydrogens (tertiary/aromatic N) is 3. The SMILES string of the molecule is CCN1CCN(c2nccc3ccc(F)cc23)CC1. The predicted octanol–water partition coefficient (Wildman–Crippen LogP) is 2.52. The molecular weight excluding hydrogens is 241 g/mol. The quantitative estimate of drug-likeness (QED) is 0.826. The van der Waals surface area contributed by atoms with Crippen molar-refractivity contribution in [2.75, 3.05) is 37.6 Å². The van der Waals surface area contributed by atoms with E-state index in [0.29, 0.717) is 0 Å². The van der Waals surface area contributed by atoms with Crippen LogP contribution in [0.25, 0.3) is 10.8 Å². The van der Waals surface area contributed by atoms with Crippen LogP contribution in [0, 0.1) is 5.82 Å². The number of anilines is 1. The molecule has 3 rings (SSSR count). The molecule has 0 atom stereocenters. The van der Waals surface area contributed by atoms with Crippen LogP contribution in [0.2, 0.25) is 0 Å². The first-order valence-electron chi connectivity index (χ1n) is 6.79. The minimum atomic E-state index is -0.200. The number of fused-ring (bicyclic) bond motifs is 1. The number of likely N-dealkylation sites (N-methyl/N-ethyl adjacent to an activating group) is 1. The van der Waals surface area contributed by atoms with E-state index in [-0.39, 0.29) is 5.82 Å². The van der Waals surface area contributed by atoms with Crippen molar-refractivity contribution >= 4 is 16.6 Å². The maximum Gasteiger partial charge on any atom is 0.136 e. The van der Waals surface area contributed by atoms with Gasteiger partial charge in [-0.05, 0) is 30.1 Å². The first-order valence-corrected chi connectivity index (χ1v) is 6.79. The van der Waals surface area contributed by atoms with Crippen LogP contribution in [0.1, 0.15) is 6.92 Å². The lowest BCUT2D eigenvalue weighted by Gasteiger charge is -2.35. The summed E-state index contributed by atoms with van der Waals surface area (Å²) in [5.41, 5.74) is 0. The van der Waals surface area contributed by atoms with Gasteiger partial charge in [0.05, 0.1) is 0 Å². The van der Waals surface area contributed by atoms with Crippen molar-refractivity contribution < 1.29 is 4.39 Å². The van der Waals surface area contributed by atoms with E-state index in [1.165, 1.54) is 6.07 Å². The molecular formula is C15H18FN3. The van der Waals surface area contributed by atoms with Gasteiger partial charge in [0.1, 0.15) is 11.6 Å². The molecule has 0 N–H and O–H groups in total. The molecule has 4 heteroatoms. The zero-order valence-electron chi connectivity index (χ0n) is 11.1. The maximum atomic E-state index is 13.4. The van der Waals surface area contributed by atoms with Gasteiger partial charge in [0, 0.05) is 37.8 Å². The third-order valence-electron chi connectivity index (χ3n) is 3.83. The smallest absolute Gasteiger partial charge is 0.136 e. The molecule has 0 bridgehead atoms. The van der Waals surface area contributed by atoms with E-state index in [9.17, 15) is 4.39 Å². The first-order chi connectivity index (χ1) is 9.28. The molecule has 100 valence electrons. The fourth-order valence-electron chi connectivity index (χ4n) is 2.65. The second-order valence-corrected chi connectivity index (χ2v) is 4.92. The topological polar surface area (TPSA) is 19.4 Å². The Morgan fingerprint density at radius 2 is 1.95 bits per heavy atom. The van der Waals surface area contributed by atoms with Crippen molar-refractivity contribution in [1.29, 1.82) is 0 Å². The fraction of sp³-hybridized carbons (Fsp3) is 0.400. The summed E-state index contributed by atoms with van der Waals surface area (Å²) in [5, 5.41) is 1.96. The zero-order valence-corrected chi connectivity index (χ0v) is 11.1. The average molecular weight is 259 g/mol. The second-order valence-electron chi connectivity index (χ2n) is 4.92. The van der Waals surface area contributed by atoms with E-state index < -0.39 is 0 Å². The molecule has 2 aromatic rings. The lowest BCUT2D eigenvalue weighted by atomic mass is 10.1. The summed E-state index contributed by atoms with van der Waals surface area (Å²) in [6.45, 7) is 7.27. The van der Waals surface area contributed by atoms with Crippen molar-refractivity contribution in [1.82, 2.24) is 9.88 Å². The Kier molecular flexibility index (Phi) is 3.34. The molecule has 3 nitrogen and oxygen atoms in total. The summed E-state index contributed by atoms with van der Waals surface area (Å²) in [6.07, 6.45) is 1.81. The van der Waals surface area contributed by atoms with E-state index in [1.807, 2.05) is 18.3 Å². The Morgan fingerprint density at radius 3 is 2.68 bits per heavy atom. The summed E-state index contributed by atoms with van der Waals surface area (Å²) < 4.78 is 13.4. The van der Waals surface area contributed by atoms with Crippen LogP contribution in [0.15, 0.2) is 30.5 Å². The molecule has 1 fully saturated rings. The number of rotatable bonds is 2. The zero-order chi connectivity index (χ0) is 13.2. The lowest BCUT2D eigenvalue weighted by molar-refractivity contribution is 0.271. The summed E-state index contributed by atoms with van der Waals surface area (Å²) in [4.78, 5) is 9.14. The molecule has 19 heavy (non-hydrogen) atoms. The van der Waals surface area contributed by atoms with E-state index in [0.717, 1.165) is 49.3 Å². The summed E-state index contributed by atoms with van der Waals surface area (Å²) in [5.74, 6) is 0.710. The molecule has 0 amide bonds. The predicted molar refractivity (Wildman–Crippen MR) is 76.0 cm³/mol. The Morgan fingerprint density at radius 1 is 1.16 bits per heavy atom. The monoisotopic (exact) mass is 259 g/mol. The third-order valence-corrected chi connectivity index (χ3v) is 3.83. The van der Waals surface area contributed by atoms with Gasteiger partial charge in [0.25, 0.3) is 0 Å². The van der Waals surface area contributed by atoms with Gasteiger partial charge < -0.3 is 9.80 Å². The van der Waals surface area contributed by atoms with Crippen LogP contribution in [-0.2, 0) is 0 Å². The fourth-order valence-corrected chi connectivity index (χ4v) is 2.65. The number of benzene rings is 1. The molecule has 2 heterocycles. The molecule has 1 saturated heterocycles. The van der Waals surface area contributed by atoms with Crippen molar-refractivity contribution in [3.63, 3.8) is 0 Å². The molecule has 0 saturated carbocycles. The van der Waals surface area contributed by atoms with Crippen LogP contribution < -0.4 is 4.90 Å². The minimum Gasteiger partial charge on any atom is -0.354 e. The number of piperazine rings is 1. The third kappa shape index (κ3) is 2.40. The van der Waals surface area contributed by atoms with Crippen molar-refractivity contribution in [3.8, 4) is 0 Å². The van der Waals surface area contributed by atoms with E-state index in [1.54, 1.807) is 6.07 Å². The van der Waals surface area contributed by atoms with Gasteiger partial charge in [-0.25, -0.2) is 9.37 Å². The Balaban J connectivity index is 1.94. The molecule has 0 radical (unpaired) electrons. The lowest BCUT2D eigenvalue weighted by Crippen LogP contribution is -2.46. The number of hydrogen-bond donors (Lipinski definition) is 0. The van der Waals surface area contributed by atoms with Crippen LogP contribution in [-0.4, -0.2) is 42.6 Å². The summed E-state index contributed by atoms with van der Waals surface area (Å²) in [6, 6.07) is 6.84. The number of aromatic nitrogens is 1. The van der Waals surface area contributed by atoms with Gasteiger partial charge >= 0.3 is 0 Å². The Labute approximate surface area is 112 Å². The van der Waals surface area contributed by atoms with Crippen molar-refractivity contribution in [2.45, 2.75) is 6.92 Å². The van der Waals surface area contributed by atoms with Crippen LogP contribution in [0.4, 0.5) is 10.2 Å². The average Bonchev–Trinajstić information content (AvgIpc) is 2.47. The highest BCUT2D eigenvalue weighted by molar-refractivity contribution is 5.92. The molecule has 0 unspecified atom stereocenters. The van der Waals surface area contributed by atoms with Gasteiger partial charge in [-0.15, -0.1) is 0 Å². The molecule has 0 spiro atoms. The highest BCUT2D eigenvalue weighted by Gasteiger charge is 2.18. The summed E-state index contributed by atoms with van der Waals surface area (Å²) >= 11 is 0.